The maximum atomic E-state index is 6.15. The van der Waals surface area contributed by atoms with Gasteiger partial charge in [-0.2, -0.15) is 4.37 Å². The first-order chi connectivity index (χ1) is 10.2. The van der Waals surface area contributed by atoms with Gasteiger partial charge < -0.3 is 15.5 Å². The standard InChI is InChI=1S/C16H22N4S/c1-19(2)11-13-9-6-10-20(13)16-14(15(17)18-21-16)12-7-4-3-5-8-12/h3-5,7-8,13H,6,9-11H2,1-2H3,(H2,17,18). The average Bonchev–Trinajstić information content (AvgIpc) is 3.05. The first kappa shape index (κ1) is 14.4. The van der Waals surface area contributed by atoms with Gasteiger partial charge in [0.15, 0.2) is 0 Å². The highest BCUT2D eigenvalue weighted by Crippen LogP contribution is 2.41. The minimum absolute atomic E-state index is 0.558. The van der Waals surface area contributed by atoms with E-state index < -0.39 is 0 Å². The quantitative estimate of drug-likeness (QED) is 0.943. The number of benzene rings is 1. The molecule has 2 aromatic rings. The molecule has 1 unspecified atom stereocenters. The Hall–Kier alpha value is -1.59. The molecule has 1 aliphatic heterocycles. The molecule has 0 bridgehead atoms. The highest BCUT2D eigenvalue weighted by Gasteiger charge is 2.29. The highest BCUT2D eigenvalue weighted by atomic mass is 32.1. The summed E-state index contributed by atoms with van der Waals surface area (Å²) < 4.78 is 4.42. The molecule has 1 aliphatic rings. The lowest BCUT2D eigenvalue weighted by Crippen LogP contribution is -2.37. The number of nitrogens with zero attached hydrogens (tertiary/aromatic N) is 3. The van der Waals surface area contributed by atoms with Gasteiger partial charge in [-0.3, -0.25) is 0 Å². The Labute approximate surface area is 130 Å². The second kappa shape index (κ2) is 6.03. The van der Waals surface area contributed by atoms with Crippen LogP contribution in [0.2, 0.25) is 0 Å². The summed E-state index contributed by atoms with van der Waals surface area (Å²) in [6.07, 6.45) is 2.48. The molecule has 2 N–H and O–H groups in total. The van der Waals surface area contributed by atoms with Crippen LogP contribution in [0.15, 0.2) is 30.3 Å². The molecule has 1 atom stereocenters. The van der Waals surface area contributed by atoms with Gasteiger partial charge in [0.1, 0.15) is 10.8 Å². The topological polar surface area (TPSA) is 45.4 Å². The molecule has 2 heterocycles. The molecular formula is C16H22N4S. The third-order valence-electron chi connectivity index (χ3n) is 3.98. The van der Waals surface area contributed by atoms with Gasteiger partial charge in [0, 0.05) is 19.1 Å². The molecule has 0 amide bonds. The van der Waals surface area contributed by atoms with Crippen LogP contribution < -0.4 is 10.6 Å². The molecule has 112 valence electrons. The van der Waals surface area contributed by atoms with Crippen LogP contribution in [0.25, 0.3) is 11.1 Å². The van der Waals surface area contributed by atoms with E-state index >= 15 is 0 Å². The van der Waals surface area contributed by atoms with Gasteiger partial charge in [-0.15, -0.1) is 0 Å². The SMILES string of the molecule is CN(C)CC1CCCN1c1snc(N)c1-c1ccccc1. The smallest absolute Gasteiger partial charge is 0.147 e. The van der Waals surface area contributed by atoms with Gasteiger partial charge in [-0.05, 0) is 44.0 Å². The van der Waals surface area contributed by atoms with E-state index in [1.54, 1.807) is 0 Å². The number of nitrogens with two attached hydrogens (primary N) is 1. The van der Waals surface area contributed by atoms with E-state index in [1.165, 1.54) is 29.4 Å². The van der Waals surface area contributed by atoms with Crippen molar-refractivity contribution < 1.29 is 0 Å². The van der Waals surface area contributed by atoms with Crippen molar-refractivity contribution in [2.75, 3.05) is 37.8 Å². The van der Waals surface area contributed by atoms with Crippen LogP contribution in [0.1, 0.15) is 12.8 Å². The molecule has 1 fully saturated rings. The second-order valence-electron chi connectivity index (χ2n) is 5.87. The summed E-state index contributed by atoms with van der Waals surface area (Å²) in [4.78, 5) is 4.76. The van der Waals surface area contributed by atoms with E-state index in [4.69, 9.17) is 5.73 Å². The maximum Gasteiger partial charge on any atom is 0.147 e. The van der Waals surface area contributed by atoms with Gasteiger partial charge in [0.2, 0.25) is 0 Å². The predicted molar refractivity (Wildman–Crippen MR) is 90.9 cm³/mol. The van der Waals surface area contributed by atoms with Gasteiger partial charge in [-0.25, -0.2) is 0 Å². The third-order valence-corrected chi connectivity index (χ3v) is 4.88. The molecule has 0 radical (unpaired) electrons. The lowest BCUT2D eigenvalue weighted by molar-refractivity contribution is 0.372. The van der Waals surface area contributed by atoms with Crippen LogP contribution >= 0.6 is 11.5 Å². The summed E-state index contributed by atoms with van der Waals surface area (Å²) in [6.45, 7) is 2.17. The van der Waals surface area contributed by atoms with Gasteiger partial charge in [-0.1, -0.05) is 30.3 Å². The Bertz CT molecular complexity index is 594. The van der Waals surface area contributed by atoms with Crippen LogP contribution in [0.5, 0.6) is 0 Å². The molecule has 0 spiro atoms. The molecule has 3 rings (SSSR count). The lowest BCUT2D eigenvalue weighted by atomic mass is 10.1. The Kier molecular flexibility index (Phi) is 4.12. The average molecular weight is 302 g/mol. The van der Waals surface area contributed by atoms with Crippen LogP contribution in [-0.2, 0) is 0 Å². The molecule has 4 nitrogen and oxygen atoms in total. The molecule has 0 saturated carbocycles. The van der Waals surface area contributed by atoms with Crippen LogP contribution in [0.4, 0.5) is 10.8 Å². The number of aromatic nitrogens is 1. The van der Waals surface area contributed by atoms with Gasteiger partial charge in [0.25, 0.3) is 0 Å². The molecule has 21 heavy (non-hydrogen) atoms. The zero-order valence-electron chi connectivity index (χ0n) is 12.6. The number of hydrogen-bond acceptors (Lipinski definition) is 5. The summed E-state index contributed by atoms with van der Waals surface area (Å²) in [5.74, 6) is 0.650. The van der Waals surface area contributed by atoms with Crippen molar-refractivity contribution in [2.24, 2.45) is 0 Å². The minimum atomic E-state index is 0.558. The molecular weight excluding hydrogens is 280 g/mol. The molecule has 5 heteroatoms. The number of likely N-dealkylation sites (N-methyl/N-ethyl adjacent to an activating group) is 1. The Morgan fingerprint density at radius 3 is 2.81 bits per heavy atom. The summed E-state index contributed by atoms with van der Waals surface area (Å²) in [5, 5.41) is 1.23. The normalized spacial score (nSPS) is 18.6. The second-order valence-corrected chi connectivity index (χ2v) is 6.62. The zero-order valence-corrected chi connectivity index (χ0v) is 13.4. The van der Waals surface area contributed by atoms with Crippen molar-refractivity contribution in [1.82, 2.24) is 9.27 Å². The number of anilines is 2. The van der Waals surface area contributed by atoms with E-state index in [2.05, 4.69) is 52.5 Å². The van der Waals surface area contributed by atoms with E-state index in [0.717, 1.165) is 24.2 Å². The van der Waals surface area contributed by atoms with E-state index in [9.17, 15) is 0 Å². The number of hydrogen-bond donors (Lipinski definition) is 1. The fourth-order valence-corrected chi connectivity index (χ4v) is 4.01. The fourth-order valence-electron chi connectivity index (χ4n) is 3.08. The molecule has 1 aromatic heterocycles. The fraction of sp³-hybridized carbons (Fsp3) is 0.438. The summed E-state index contributed by atoms with van der Waals surface area (Å²) >= 11 is 1.53. The van der Waals surface area contributed by atoms with Crippen molar-refractivity contribution in [2.45, 2.75) is 18.9 Å². The summed E-state index contributed by atoms with van der Waals surface area (Å²) in [6, 6.07) is 10.9. The minimum Gasteiger partial charge on any atom is -0.382 e. The molecule has 1 saturated heterocycles. The van der Waals surface area contributed by atoms with Crippen molar-refractivity contribution in [1.29, 1.82) is 0 Å². The van der Waals surface area contributed by atoms with Gasteiger partial charge >= 0.3 is 0 Å². The highest BCUT2D eigenvalue weighted by molar-refractivity contribution is 7.11. The Morgan fingerprint density at radius 2 is 2.10 bits per heavy atom. The predicted octanol–water partition coefficient (Wildman–Crippen LogP) is 2.92. The van der Waals surface area contributed by atoms with Crippen LogP contribution in [0, 0.1) is 0 Å². The van der Waals surface area contributed by atoms with Gasteiger partial charge in [0.05, 0.1) is 5.56 Å². The monoisotopic (exact) mass is 302 g/mol. The van der Waals surface area contributed by atoms with Crippen molar-refractivity contribution in [3.63, 3.8) is 0 Å². The number of nitrogen functional groups attached to an aromatic ring is 1. The van der Waals surface area contributed by atoms with Crippen molar-refractivity contribution in [3.05, 3.63) is 30.3 Å². The first-order valence-corrected chi connectivity index (χ1v) is 8.16. The number of rotatable bonds is 4. The van der Waals surface area contributed by atoms with Crippen LogP contribution in [0.3, 0.4) is 0 Å². The van der Waals surface area contributed by atoms with Crippen molar-refractivity contribution in [3.8, 4) is 11.1 Å². The Balaban J connectivity index is 1.96. The third kappa shape index (κ3) is 2.89. The van der Waals surface area contributed by atoms with E-state index in [1.807, 2.05) is 6.07 Å². The zero-order chi connectivity index (χ0) is 14.8. The Morgan fingerprint density at radius 1 is 1.33 bits per heavy atom. The maximum absolute atomic E-state index is 6.15. The molecule has 0 aliphatic carbocycles. The van der Waals surface area contributed by atoms with E-state index in [-0.39, 0.29) is 0 Å². The molecule has 1 aromatic carbocycles. The largest absolute Gasteiger partial charge is 0.382 e. The summed E-state index contributed by atoms with van der Waals surface area (Å²) in [5.41, 5.74) is 8.41. The first-order valence-electron chi connectivity index (χ1n) is 7.38. The lowest BCUT2D eigenvalue weighted by Gasteiger charge is -2.28. The van der Waals surface area contributed by atoms with E-state index in [0.29, 0.717) is 11.9 Å². The summed E-state index contributed by atoms with van der Waals surface area (Å²) in [7, 11) is 4.27. The van der Waals surface area contributed by atoms with Crippen molar-refractivity contribution >= 4 is 22.4 Å². The van der Waals surface area contributed by atoms with Crippen LogP contribution in [-0.4, -0.2) is 42.5 Å².